The first-order valence-electron chi connectivity index (χ1n) is 6.40. The molecule has 0 fully saturated rings. The van der Waals surface area contributed by atoms with E-state index in [9.17, 15) is 4.79 Å². The normalized spacial score (nSPS) is 10.4. The van der Waals surface area contributed by atoms with Crippen molar-refractivity contribution in [2.24, 2.45) is 0 Å². The molecule has 0 aliphatic heterocycles. The Morgan fingerprint density at radius 1 is 1.43 bits per heavy atom. The van der Waals surface area contributed by atoms with E-state index in [1.807, 2.05) is 17.7 Å². The van der Waals surface area contributed by atoms with Gasteiger partial charge in [0.05, 0.1) is 29.5 Å². The number of nitrogens with zero attached hydrogens (tertiary/aromatic N) is 2. The van der Waals surface area contributed by atoms with Gasteiger partial charge in [-0.05, 0) is 35.0 Å². The maximum atomic E-state index is 11.1. The maximum absolute atomic E-state index is 11.1. The van der Waals surface area contributed by atoms with Gasteiger partial charge < -0.3 is 19.1 Å². The Morgan fingerprint density at radius 3 is 2.86 bits per heavy atom. The van der Waals surface area contributed by atoms with Crippen LogP contribution >= 0.6 is 15.9 Å². The summed E-state index contributed by atoms with van der Waals surface area (Å²) in [6.45, 7) is 3.31. The average molecular weight is 355 g/mol. The summed E-state index contributed by atoms with van der Waals surface area (Å²) in [4.78, 5) is 15.0. The van der Waals surface area contributed by atoms with Crippen LogP contribution in [0.25, 0.3) is 0 Å². The fraction of sp³-hybridized carbons (Fsp3) is 0.286. The highest BCUT2D eigenvalue weighted by Crippen LogP contribution is 2.37. The molecule has 0 bridgehead atoms. The highest BCUT2D eigenvalue weighted by molar-refractivity contribution is 9.10. The van der Waals surface area contributed by atoms with E-state index in [0.29, 0.717) is 35.7 Å². The van der Waals surface area contributed by atoms with Gasteiger partial charge >= 0.3 is 5.97 Å². The lowest BCUT2D eigenvalue weighted by Gasteiger charge is -2.14. The van der Waals surface area contributed by atoms with Crippen LogP contribution in [0.4, 0.5) is 0 Å². The Balaban J connectivity index is 2.14. The van der Waals surface area contributed by atoms with E-state index in [2.05, 4.69) is 20.9 Å². The average Bonchev–Trinajstić information content (AvgIpc) is 2.94. The minimum absolute atomic E-state index is 0.146. The SMILES string of the molecule is CCOc1cc(C(=O)O)cc(Br)c1OCCn1ccnc1. The minimum atomic E-state index is -1.01. The summed E-state index contributed by atoms with van der Waals surface area (Å²) in [5.41, 5.74) is 0.146. The highest BCUT2D eigenvalue weighted by atomic mass is 79.9. The molecule has 0 saturated carbocycles. The molecular weight excluding hydrogens is 340 g/mol. The van der Waals surface area contributed by atoms with E-state index < -0.39 is 5.97 Å². The Morgan fingerprint density at radius 2 is 2.24 bits per heavy atom. The number of carboxylic acids is 1. The van der Waals surface area contributed by atoms with Crippen LogP contribution in [0.2, 0.25) is 0 Å². The largest absolute Gasteiger partial charge is 0.490 e. The molecule has 1 aromatic heterocycles. The molecule has 0 saturated heterocycles. The monoisotopic (exact) mass is 354 g/mol. The Kier molecular flexibility index (Phi) is 5.21. The number of rotatable bonds is 7. The molecule has 0 spiro atoms. The van der Waals surface area contributed by atoms with Crippen LogP contribution in [0.1, 0.15) is 17.3 Å². The van der Waals surface area contributed by atoms with Crippen molar-refractivity contribution in [3.8, 4) is 11.5 Å². The summed E-state index contributed by atoms with van der Waals surface area (Å²) in [5, 5.41) is 9.07. The first kappa shape index (κ1) is 15.4. The third kappa shape index (κ3) is 3.98. The molecule has 0 unspecified atom stereocenters. The van der Waals surface area contributed by atoms with Crippen LogP contribution in [-0.2, 0) is 6.54 Å². The van der Waals surface area contributed by atoms with Gasteiger partial charge in [0.2, 0.25) is 0 Å². The Hall–Kier alpha value is -2.02. The van der Waals surface area contributed by atoms with Gasteiger partial charge in [-0.1, -0.05) is 0 Å². The van der Waals surface area contributed by atoms with Gasteiger partial charge in [-0.25, -0.2) is 9.78 Å². The third-order valence-electron chi connectivity index (χ3n) is 2.71. The van der Waals surface area contributed by atoms with E-state index in [0.717, 1.165) is 0 Å². The van der Waals surface area contributed by atoms with Gasteiger partial charge in [-0.3, -0.25) is 0 Å². The van der Waals surface area contributed by atoms with Crippen molar-refractivity contribution in [3.63, 3.8) is 0 Å². The van der Waals surface area contributed by atoms with Crippen LogP contribution in [0.5, 0.6) is 11.5 Å². The smallest absolute Gasteiger partial charge is 0.335 e. The predicted octanol–water partition coefficient (Wildman–Crippen LogP) is 2.82. The molecule has 1 heterocycles. The number of carboxylic acid groups (broad SMARTS) is 1. The van der Waals surface area contributed by atoms with Crippen molar-refractivity contribution < 1.29 is 19.4 Å². The number of hydrogen-bond donors (Lipinski definition) is 1. The summed E-state index contributed by atoms with van der Waals surface area (Å²) >= 11 is 3.33. The number of benzene rings is 1. The molecule has 1 N–H and O–H groups in total. The Bertz CT molecular complexity index is 614. The molecular formula is C14H15BrN2O4. The third-order valence-corrected chi connectivity index (χ3v) is 3.30. The summed E-state index contributed by atoms with van der Waals surface area (Å²) < 4.78 is 13.6. The number of carbonyl (C=O) groups is 1. The second-order valence-corrected chi connectivity index (χ2v) is 5.03. The fourth-order valence-electron chi connectivity index (χ4n) is 1.77. The molecule has 21 heavy (non-hydrogen) atoms. The maximum Gasteiger partial charge on any atom is 0.335 e. The summed E-state index contributed by atoms with van der Waals surface area (Å²) in [5.74, 6) is -0.0986. The lowest BCUT2D eigenvalue weighted by atomic mass is 10.2. The lowest BCUT2D eigenvalue weighted by molar-refractivity contribution is 0.0696. The highest BCUT2D eigenvalue weighted by Gasteiger charge is 2.15. The number of aromatic carboxylic acids is 1. The second-order valence-electron chi connectivity index (χ2n) is 4.17. The fourth-order valence-corrected chi connectivity index (χ4v) is 2.32. The second kappa shape index (κ2) is 7.12. The Labute approximate surface area is 130 Å². The van der Waals surface area contributed by atoms with Crippen molar-refractivity contribution in [2.75, 3.05) is 13.2 Å². The number of ether oxygens (including phenoxy) is 2. The van der Waals surface area contributed by atoms with Gasteiger partial charge in [-0.2, -0.15) is 0 Å². The van der Waals surface area contributed by atoms with Crippen molar-refractivity contribution in [1.29, 1.82) is 0 Å². The van der Waals surface area contributed by atoms with E-state index >= 15 is 0 Å². The number of imidazole rings is 1. The quantitative estimate of drug-likeness (QED) is 0.827. The molecule has 0 aliphatic rings. The van der Waals surface area contributed by atoms with Gasteiger partial charge in [-0.15, -0.1) is 0 Å². The van der Waals surface area contributed by atoms with Gasteiger partial charge in [0.25, 0.3) is 0 Å². The van der Waals surface area contributed by atoms with Crippen LogP contribution in [-0.4, -0.2) is 33.8 Å². The van der Waals surface area contributed by atoms with Crippen LogP contribution in [0, 0.1) is 0 Å². The molecule has 0 atom stereocenters. The van der Waals surface area contributed by atoms with E-state index in [4.69, 9.17) is 14.6 Å². The topological polar surface area (TPSA) is 73.6 Å². The van der Waals surface area contributed by atoms with Crippen LogP contribution in [0.3, 0.4) is 0 Å². The van der Waals surface area contributed by atoms with Crippen molar-refractivity contribution in [2.45, 2.75) is 13.5 Å². The van der Waals surface area contributed by atoms with Crippen molar-refractivity contribution >= 4 is 21.9 Å². The molecule has 112 valence electrons. The molecule has 2 rings (SSSR count). The summed E-state index contributed by atoms with van der Waals surface area (Å²) in [6, 6.07) is 2.96. The van der Waals surface area contributed by atoms with Crippen molar-refractivity contribution in [1.82, 2.24) is 9.55 Å². The van der Waals surface area contributed by atoms with Gasteiger partial charge in [0.1, 0.15) is 6.61 Å². The molecule has 2 aromatic rings. The number of hydrogen-bond acceptors (Lipinski definition) is 4. The van der Waals surface area contributed by atoms with Gasteiger partial charge in [0.15, 0.2) is 11.5 Å². The first-order valence-corrected chi connectivity index (χ1v) is 7.19. The standard InChI is InChI=1S/C14H15BrN2O4/c1-2-20-12-8-10(14(18)19)7-11(15)13(12)21-6-5-17-4-3-16-9-17/h3-4,7-9H,2,5-6H2,1H3,(H,18,19). The zero-order valence-electron chi connectivity index (χ0n) is 11.5. The lowest BCUT2D eigenvalue weighted by Crippen LogP contribution is -2.09. The predicted molar refractivity (Wildman–Crippen MR) is 80.0 cm³/mol. The minimum Gasteiger partial charge on any atom is -0.490 e. The molecule has 0 radical (unpaired) electrons. The number of aromatic nitrogens is 2. The van der Waals surface area contributed by atoms with Gasteiger partial charge in [0, 0.05) is 12.4 Å². The molecule has 7 heteroatoms. The first-order chi connectivity index (χ1) is 10.1. The van der Waals surface area contributed by atoms with E-state index in [1.165, 1.54) is 12.1 Å². The summed E-state index contributed by atoms with van der Waals surface area (Å²) in [7, 11) is 0. The zero-order chi connectivity index (χ0) is 15.2. The van der Waals surface area contributed by atoms with Crippen molar-refractivity contribution in [3.05, 3.63) is 40.9 Å². The molecule has 0 amide bonds. The molecule has 1 aromatic carbocycles. The molecule has 6 nitrogen and oxygen atoms in total. The van der Waals surface area contributed by atoms with Crippen LogP contribution < -0.4 is 9.47 Å². The number of halogens is 1. The van der Waals surface area contributed by atoms with E-state index in [1.54, 1.807) is 12.5 Å². The zero-order valence-corrected chi connectivity index (χ0v) is 13.0. The summed E-state index contributed by atoms with van der Waals surface area (Å²) in [6.07, 6.45) is 5.24. The van der Waals surface area contributed by atoms with E-state index in [-0.39, 0.29) is 5.56 Å². The molecule has 0 aliphatic carbocycles. The van der Waals surface area contributed by atoms with Crippen LogP contribution in [0.15, 0.2) is 35.3 Å².